The summed E-state index contributed by atoms with van der Waals surface area (Å²) in [6, 6.07) is 4.10. The van der Waals surface area contributed by atoms with Crippen LogP contribution >= 0.6 is 11.8 Å². The van der Waals surface area contributed by atoms with Crippen LogP contribution in [0.2, 0.25) is 0 Å². The molecule has 0 fully saturated rings. The van der Waals surface area contributed by atoms with E-state index in [2.05, 4.69) is 17.3 Å². The highest BCUT2D eigenvalue weighted by molar-refractivity contribution is 7.98. The maximum atomic E-state index is 4.03. The summed E-state index contributed by atoms with van der Waals surface area (Å²) < 4.78 is 0. The van der Waals surface area contributed by atoms with Crippen molar-refractivity contribution in [3.05, 3.63) is 30.1 Å². The van der Waals surface area contributed by atoms with Crippen molar-refractivity contribution in [1.29, 1.82) is 0 Å². The number of aromatic nitrogens is 1. The molecular formula is C8H11NS. The molecule has 0 N–H and O–H groups in total. The van der Waals surface area contributed by atoms with Gasteiger partial charge in [-0.1, -0.05) is 6.07 Å². The summed E-state index contributed by atoms with van der Waals surface area (Å²) in [4.78, 5) is 4.03. The average molecular weight is 153 g/mol. The van der Waals surface area contributed by atoms with Crippen LogP contribution in [0.3, 0.4) is 0 Å². The summed E-state index contributed by atoms with van der Waals surface area (Å²) in [6.45, 7) is 0. The minimum Gasteiger partial charge on any atom is -0.264 e. The number of aryl methyl sites for hydroxylation is 1. The van der Waals surface area contributed by atoms with Crippen LogP contribution in [0, 0.1) is 0 Å². The second-order valence-corrected chi connectivity index (χ2v) is 3.09. The molecule has 0 atom stereocenters. The summed E-state index contributed by atoms with van der Waals surface area (Å²) >= 11 is 1.87. The maximum Gasteiger partial charge on any atom is 0.0300 e. The zero-order chi connectivity index (χ0) is 7.23. The Balaban J connectivity index is 2.43. The van der Waals surface area contributed by atoms with Crippen molar-refractivity contribution < 1.29 is 0 Å². The van der Waals surface area contributed by atoms with E-state index in [9.17, 15) is 0 Å². The molecular weight excluding hydrogens is 142 g/mol. The quantitative estimate of drug-likeness (QED) is 0.658. The van der Waals surface area contributed by atoms with Crippen molar-refractivity contribution in [3.63, 3.8) is 0 Å². The van der Waals surface area contributed by atoms with Gasteiger partial charge < -0.3 is 0 Å². The Kier molecular flexibility index (Phi) is 3.30. The highest BCUT2D eigenvalue weighted by Crippen LogP contribution is 2.01. The third-order valence-corrected chi connectivity index (χ3v) is 1.93. The number of nitrogens with zero attached hydrogens (tertiary/aromatic N) is 1. The lowest BCUT2D eigenvalue weighted by atomic mass is 10.2. The summed E-state index contributed by atoms with van der Waals surface area (Å²) in [6.07, 6.45) is 6.99. The van der Waals surface area contributed by atoms with Crippen LogP contribution < -0.4 is 0 Å². The lowest BCUT2D eigenvalue weighted by molar-refractivity contribution is 1.12. The first-order valence-corrected chi connectivity index (χ1v) is 4.70. The third kappa shape index (κ3) is 2.40. The first-order valence-electron chi connectivity index (χ1n) is 3.31. The Morgan fingerprint density at radius 3 is 3.10 bits per heavy atom. The summed E-state index contributed by atoms with van der Waals surface area (Å²) in [7, 11) is 0. The molecule has 1 heterocycles. The van der Waals surface area contributed by atoms with Crippen LogP contribution in [0.5, 0.6) is 0 Å². The first-order chi connectivity index (χ1) is 4.93. The van der Waals surface area contributed by atoms with Crippen LogP contribution in [-0.2, 0) is 6.42 Å². The SMILES string of the molecule is CSCCc1cccnc1. The average Bonchev–Trinajstić information content (AvgIpc) is 2.03. The van der Waals surface area contributed by atoms with Gasteiger partial charge in [-0.2, -0.15) is 11.8 Å². The molecule has 0 saturated heterocycles. The van der Waals surface area contributed by atoms with E-state index in [1.165, 1.54) is 11.3 Å². The normalized spacial score (nSPS) is 9.70. The standard InChI is InChI=1S/C8H11NS/c1-10-6-4-8-3-2-5-9-7-8/h2-3,5,7H,4,6H2,1H3. The number of hydrogen-bond acceptors (Lipinski definition) is 2. The van der Waals surface area contributed by atoms with Gasteiger partial charge in [-0.25, -0.2) is 0 Å². The van der Waals surface area contributed by atoms with Gasteiger partial charge in [-0.15, -0.1) is 0 Å². The fraction of sp³-hybridized carbons (Fsp3) is 0.375. The summed E-state index contributed by atoms with van der Waals surface area (Å²) in [5.74, 6) is 1.19. The van der Waals surface area contributed by atoms with Gasteiger partial charge in [0.25, 0.3) is 0 Å². The molecule has 1 nitrogen and oxygen atoms in total. The fourth-order valence-electron chi connectivity index (χ4n) is 0.766. The lowest BCUT2D eigenvalue weighted by Crippen LogP contribution is -1.87. The fourth-order valence-corrected chi connectivity index (χ4v) is 1.21. The molecule has 1 aromatic rings. The molecule has 10 heavy (non-hydrogen) atoms. The topological polar surface area (TPSA) is 12.9 Å². The van der Waals surface area contributed by atoms with Gasteiger partial charge in [0.2, 0.25) is 0 Å². The van der Waals surface area contributed by atoms with Crippen LogP contribution in [0.15, 0.2) is 24.5 Å². The van der Waals surface area contributed by atoms with Crippen molar-refractivity contribution in [2.24, 2.45) is 0 Å². The van der Waals surface area contributed by atoms with E-state index in [-0.39, 0.29) is 0 Å². The molecule has 0 bridgehead atoms. The predicted molar refractivity (Wildman–Crippen MR) is 46.3 cm³/mol. The van der Waals surface area contributed by atoms with Gasteiger partial charge >= 0.3 is 0 Å². The van der Waals surface area contributed by atoms with E-state index in [1.807, 2.05) is 30.2 Å². The molecule has 54 valence electrons. The summed E-state index contributed by atoms with van der Waals surface area (Å²) in [5.41, 5.74) is 1.33. The van der Waals surface area contributed by atoms with Crippen molar-refractivity contribution in [2.45, 2.75) is 6.42 Å². The van der Waals surface area contributed by atoms with Crippen molar-refractivity contribution in [1.82, 2.24) is 4.98 Å². The smallest absolute Gasteiger partial charge is 0.0300 e. The molecule has 0 aromatic carbocycles. The van der Waals surface area contributed by atoms with Gasteiger partial charge in [-0.05, 0) is 30.1 Å². The van der Waals surface area contributed by atoms with E-state index in [0.717, 1.165) is 6.42 Å². The molecule has 0 amide bonds. The van der Waals surface area contributed by atoms with E-state index in [0.29, 0.717) is 0 Å². The minimum absolute atomic E-state index is 1.13. The van der Waals surface area contributed by atoms with E-state index >= 15 is 0 Å². The van der Waals surface area contributed by atoms with Gasteiger partial charge in [0.1, 0.15) is 0 Å². The predicted octanol–water partition coefficient (Wildman–Crippen LogP) is 1.99. The molecule has 0 radical (unpaired) electrons. The molecule has 1 rings (SSSR count). The Morgan fingerprint density at radius 1 is 1.60 bits per heavy atom. The zero-order valence-electron chi connectivity index (χ0n) is 6.08. The van der Waals surface area contributed by atoms with Gasteiger partial charge in [0, 0.05) is 12.4 Å². The zero-order valence-corrected chi connectivity index (χ0v) is 6.90. The monoisotopic (exact) mass is 153 g/mol. The highest BCUT2D eigenvalue weighted by atomic mass is 32.2. The highest BCUT2D eigenvalue weighted by Gasteiger charge is 1.88. The molecule has 1 aromatic heterocycles. The number of rotatable bonds is 3. The third-order valence-electron chi connectivity index (χ3n) is 1.32. The second kappa shape index (κ2) is 4.34. The second-order valence-electron chi connectivity index (χ2n) is 2.10. The van der Waals surface area contributed by atoms with Crippen LogP contribution in [-0.4, -0.2) is 17.0 Å². The molecule has 0 unspecified atom stereocenters. The minimum atomic E-state index is 1.13. The molecule has 0 aliphatic heterocycles. The first kappa shape index (κ1) is 7.61. The maximum absolute atomic E-state index is 4.03. The van der Waals surface area contributed by atoms with E-state index in [1.54, 1.807) is 0 Å². The summed E-state index contributed by atoms with van der Waals surface area (Å²) in [5, 5.41) is 0. The number of pyridine rings is 1. The van der Waals surface area contributed by atoms with Gasteiger partial charge in [0.15, 0.2) is 0 Å². The Morgan fingerprint density at radius 2 is 2.50 bits per heavy atom. The van der Waals surface area contributed by atoms with E-state index in [4.69, 9.17) is 0 Å². The van der Waals surface area contributed by atoms with Crippen molar-refractivity contribution >= 4 is 11.8 Å². The van der Waals surface area contributed by atoms with Crippen molar-refractivity contribution in [3.8, 4) is 0 Å². The number of thioether (sulfide) groups is 1. The van der Waals surface area contributed by atoms with Crippen molar-refractivity contribution in [2.75, 3.05) is 12.0 Å². The largest absolute Gasteiger partial charge is 0.264 e. The van der Waals surface area contributed by atoms with Crippen LogP contribution in [0.1, 0.15) is 5.56 Å². The van der Waals surface area contributed by atoms with Gasteiger partial charge in [-0.3, -0.25) is 4.98 Å². The van der Waals surface area contributed by atoms with E-state index < -0.39 is 0 Å². The van der Waals surface area contributed by atoms with Gasteiger partial charge in [0.05, 0.1) is 0 Å². The Bertz CT molecular complexity index is 174. The molecule has 0 saturated carbocycles. The van der Waals surface area contributed by atoms with Crippen LogP contribution in [0.25, 0.3) is 0 Å². The molecule has 0 spiro atoms. The Labute approximate surface area is 65.9 Å². The molecule has 2 heteroatoms. The Hall–Kier alpha value is -0.500. The molecule has 0 aliphatic carbocycles. The molecule has 0 aliphatic rings. The number of hydrogen-bond donors (Lipinski definition) is 0. The van der Waals surface area contributed by atoms with Crippen LogP contribution in [0.4, 0.5) is 0 Å². The lowest BCUT2D eigenvalue weighted by Gasteiger charge is -1.95.